The van der Waals surface area contributed by atoms with Gasteiger partial charge in [0.05, 0.1) is 21.5 Å². The van der Waals surface area contributed by atoms with Gasteiger partial charge >= 0.3 is 12.1 Å². The number of carbonyl (C=O) groups is 3. The van der Waals surface area contributed by atoms with Crippen molar-refractivity contribution in [1.29, 1.82) is 0 Å². The summed E-state index contributed by atoms with van der Waals surface area (Å²) < 4.78 is 24.8. The number of nitrogens with zero attached hydrogens (tertiary/aromatic N) is 2. The number of benzene rings is 4. The minimum atomic E-state index is -1.35. The molecule has 8 rings (SSSR count). The Balaban J connectivity index is 0.838. The lowest BCUT2D eigenvalue weighted by Crippen LogP contribution is -2.47. The number of nitrogens with one attached hydrogen (secondary N) is 2. The van der Waals surface area contributed by atoms with Crippen molar-refractivity contribution in [2.75, 3.05) is 61.6 Å². The molecule has 0 radical (unpaired) electrons. The number of Topliss-reactive ketones (excluding diaryl/α,β-unsaturated/α-hetero) is 1. The van der Waals surface area contributed by atoms with Crippen LogP contribution in [0.2, 0.25) is 0 Å². The lowest BCUT2D eigenvalue weighted by Gasteiger charge is -2.36. The lowest BCUT2D eigenvalue weighted by molar-refractivity contribution is 0.0224. The number of ketones is 1. The van der Waals surface area contributed by atoms with Crippen LogP contribution in [0.1, 0.15) is 69.8 Å². The minimum absolute atomic E-state index is 0.0154. The van der Waals surface area contributed by atoms with E-state index in [4.69, 9.17) is 31.2 Å². The molecule has 0 bridgehead atoms. The number of hydrogen-bond acceptors (Lipinski definition) is 14. The van der Waals surface area contributed by atoms with Crippen LogP contribution in [0, 0.1) is 0 Å². The number of aromatic hydroxyl groups is 2. The van der Waals surface area contributed by atoms with E-state index in [2.05, 4.69) is 38.5 Å². The first kappa shape index (κ1) is 46.5. The maximum absolute atomic E-state index is 13.9. The third-order valence-corrected chi connectivity index (χ3v) is 16.2. The molecule has 0 aliphatic carbocycles. The number of amides is 1. The highest BCUT2D eigenvalue weighted by Gasteiger charge is 2.53. The van der Waals surface area contributed by atoms with Gasteiger partial charge in [-0.05, 0) is 122 Å². The number of hydrogen-bond donors (Lipinski definition) is 4. The zero-order chi connectivity index (χ0) is 45.8. The van der Waals surface area contributed by atoms with E-state index in [0.717, 1.165) is 58.7 Å². The van der Waals surface area contributed by atoms with E-state index >= 15 is 0 Å². The number of halogens is 1. The third kappa shape index (κ3) is 9.79. The van der Waals surface area contributed by atoms with Crippen molar-refractivity contribution in [2.45, 2.75) is 44.8 Å². The number of esters is 1. The molecule has 65 heavy (non-hydrogen) atoms. The second-order valence-corrected chi connectivity index (χ2v) is 20.6. The molecule has 3 aliphatic heterocycles. The predicted molar refractivity (Wildman–Crippen MR) is 265 cm³/mol. The number of phenolic OH excluding ortho intramolecular Hbond substituents is 2. The van der Waals surface area contributed by atoms with Gasteiger partial charge in [0.25, 0.3) is 0 Å². The van der Waals surface area contributed by atoms with Crippen LogP contribution in [0.25, 0.3) is 10.4 Å². The fourth-order valence-electron chi connectivity index (χ4n) is 8.18. The molecule has 1 aromatic heterocycles. The SMILES string of the molecule is CCCOc1c(C(C)=O)sc(-c2cccc(N(C(=O)OCCSSCCNC(=S)Nc3ccc4c(c3)C(=O)OC43c4ccc(O)cc4Oc4cc(O)ccc43)C3CCN(C)CC3)c2)c1Br. The van der Waals surface area contributed by atoms with Crippen LogP contribution < -0.4 is 25.0 Å². The van der Waals surface area contributed by atoms with Gasteiger partial charge < -0.3 is 44.7 Å². The zero-order valence-corrected chi connectivity index (χ0v) is 40.7. The van der Waals surface area contributed by atoms with Crippen molar-refractivity contribution >= 4 is 95.4 Å². The largest absolute Gasteiger partial charge is 0.508 e. The van der Waals surface area contributed by atoms with Crippen LogP contribution in [0.15, 0.2) is 83.3 Å². The van der Waals surface area contributed by atoms with E-state index in [0.29, 0.717) is 74.1 Å². The molecule has 1 saturated heterocycles. The highest BCUT2D eigenvalue weighted by atomic mass is 79.9. The van der Waals surface area contributed by atoms with Gasteiger partial charge in [-0.15, -0.1) is 11.3 Å². The lowest BCUT2D eigenvalue weighted by atomic mass is 9.77. The number of likely N-dealkylation sites (tertiary alicyclic amines) is 1. The van der Waals surface area contributed by atoms with E-state index in [-0.39, 0.29) is 36.0 Å². The number of fused-ring (bicyclic) bond motifs is 6. The molecule has 0 unspecified atom stereocenters. The summed E-state index contributed by atoms with van der Waals surface area (Å²) in [4.78, 5) is 45.4. The molecule has 4 aromatic carbocycles. The summed E-state index contributed by atoms with van der Waals surface area (Å²) >= 11 is 10.7. The highest BCUT2D eigenvalue weighted by molar-refractivity contribution is 9.10. The molecule has 0 saturated carbocycles. The van der Waals surface area contributed by atoms with Crippen molar-refractivity contribution in [3.8, 4) is 39.2 Å². The number of carbonyl (C=O) groups excluding carboxylic acids is 3. The van der Waals surface area contributed by atoms with Crippen LogP contribution >= 0.6 is 61.1 Å². The van der Waals surface area contributed by atoms with Gasteiger partial charge in [-0.2, -0.15) is 0 Å². The van der Waals surface area contributed by atoms with Gasteiger partial charge in [-0.3, -0.25) is 9.69 Å². The van der Waals surface area contributed by atoms with Gasteiger partial charge in [0, 0.05) is 71.2 Å². The fraction of sp³-hybridized carbons (Fsp3) is 0.319. The summed E-state index contributed by atoms with van der Waals surface area (Å²) in [6.45, 7) is 6.60. The molecule has 340 valence electrons. The second-order valence-electron chi connectivity index (χ2n) is 15.7. The van der Waals surface area contributed by atoms with Crippen LogP contribution in [-0.4, -0.2) is 95.5 Å². The van der Waals surface area contributed by atoms with Gasteiger partial charge in [-0.25, -0.2) is 9.59 Å². The Morgan fingerprint density at radius 2 is 1.66 bits per heavy atom. The van der Waals surface area contributed by atoms with Crippen molar-refractivity contribution < 1.29 is 43.5 Å². The quantitative estimate of drug-likeness (QED) is 0.0258. The highest BCUT2D eigenvalue weighted by Crippen LogP contribution is 2.57. The monoisotopic (exact) mass is 1020 g/mol. The maximum atomic E-state index is 13.9. The third-order valence-electron chi connectivity index (χ3n) is 11.2. The van der Waals surface area contributed by atoms with Crippen LogP contribution in [0.3, 0.4) is 0 Å². The van der Waals surface area contributed by atoms with E-state index in [1.54, 1.807) is 51.6 Å². The van der Waals surface area contributed by atoms with Crippen LogP contribution in [0.4, 0.5) is 16.2 Å². The first-order valence-corrected chi connectivity index (χ1v) is 25.6. The van der Waals surface area contributed by atoms with Gasteiger partial charge in [-0.1, -0.05) is 46.7 Å². The number of thiophene rings is 1. The van der Waals surface area contributed by atoms with E-state index < -0.39 is 11.6 Å². The first-order chi connectivity index (χ1) is 31.4. The molecular formula is C47H47BrN4O9S4. The van der Waals surface area contributed by atoms with Gasteiger partial charge in [0.15, 0.2) is 22.2 Å². The first-order valence-electron chi connectivity index (χ1n) is 21.1. The van der Waals surface area contributed by atoms with Crippen molar-refractivity contribution in [2.24, 2.45) is 0 Å². The average Bonchev–Trinajstić information content (AvgIpc) is 3.77. The van der Waals surface area contributed by atoms with E-state index in [1.807, 2.05) is 43.3 Å². The van der Waals surface area contributed by atoms with Crippen LogP contribution in [-0.2, 0) is 15.1 Å². The molecule has 1 spiro atoms. The number of ether oxygens (including phenoxy) is 4. The maximum Gasteiger partial charge on any atom is 0.414 e. The molecule has 1 fully saturated rings. The Kier molecular flexibility index (Phi) is 14.5. The Labute approximate surface area is 402 Å². The number of phenols is 2. The Bertz CT molecular complexity index is 2580. The summed E-state index contributed by atoms with van der Waals surface area (Å²) in [5.41, 5.74) is 2.89. The summed E-state index contributed by atoms with van der Waals surface area (Å²) in [7, 11) is 5.32. The minimum Gasteiger partial charge on any atom is -0.508 e. The predicted octanol–water partition coefficient (Wildman–Crippen LogP) is 10.6. The molecule has 13 nitrogen and oxygen atoms in total. The van der Waals surface area contributed by atoms with Crippen molar-refractivity contribution in [1.82, 2.24) is 10.2 Å². The number of anilines is 2. The number of thiocarbonyl (C=S) groups is 1. The van der Waals surface area contributed by atoms with E-state index in [1.165, 1.54) is 35.6 Å². The Hall–Kier alpha value is -4.98. The smallest absolute Gasteiger partial charge is 0.414 e. The summed E-state index contributed by atoms with van der Waals surface area (Å²) in [6, 6.07) is 22.4. The Morgan fingerprint density at radius 3 is 2.35 bits per heavy atom. The zero-order valence-electron chi connectivity index (χ0n) is 35.8. The molecular weight excluding hydrogens is 973 g/mol. The van der Waals surface area contributed by atoms with Crippen LogP contribution in [0.5, 0.6) is 28.7 Å². The summed E-state index contributed by atoms with van der Waals surface area (Å²) in [6.07, 6.45) is 2.06. The normalized spacial score (nSPS) is 15.0. The molecule has 1 amide bonds. The fourth-order valence-corrected chi connectivity index (χ4v) is 12.1. The second kappa shape index (κ2) is 20.3. The van der Waals surface area contributed by atoms with E-state index in [9.17, 15) is 24.6 Å². The average molecular weight is 1020 g/mol. The standard InChI is InChI=1S/C47H47BrN4O9S4/c1-4-19-58-41-40(48)43(65-42(41)27(2)53)28-6-5-7-31(23-28)52(30-14-17-51(3)18-15-30)46(57)59-20-22-64-63-21-16-49-45(62)50-29-8-11-35-34(24-29)44(56)61-47(35)36-12-9-32(54)25-38(36)60-39-26-33(55)10-13-37(39)47/h5-13,23-26,30,54-55H,4,14-22H2,1-3H3,(H2,49,50,62). The molecule has 0 atom stereocenters. The molecule has 18 heteroatoms. The van der Waals surface area contributed by atoms with Gasteiger partial charge in [0.1, 0.15) is 34.5 Å². The molecule has 3 aliphatic rings. The Morgan fingerprint density at radius 1 is 0.969 bits per heavy atom. The molecule has 5 aromatic rings. The van der Waals surface area contributed by atoms with Crippen molar-refractivity contribution in [3.05, 3.63) is 110 Å². The molecule has 4 N–H and O–H groups in total. The molecule has 4 heterocycles. The summed E-state index contributed by atoms with van der Waals surface area (Å²) in [5.74, 6) is 1.85. The topological polar surface area (TPSA) is 159 Å². The van der Waals surface area contributed by atoms with Gasteiger partial charge in [0.2, 0.25) is 0 Å². The number of piperidine rings is 1. The summed E-state index contributed by atoms with van der Waals surface area (Å²) in [5, 5.41) is 27.2. The van der Waals surface area contributed by atoms with Crippen molar-refractivity contribution in [3.63, 3.8) is 0 Å². The number of rotatable bonds is 15.